The summed E-state index contributed by atoms with van der Waals surface area (Å²) in [7, 11) is 0. The van der Waals surface area contributed by atoms with Gasteiger partial charge < -0.3 is 19.5 Å². The third kappa shape index (κ3) is 4.71. The Hall–Kier alpha value is -2.70. The minimum absolute atomic E-state index is 0.0369. The van der Waals surface area contributed by atoms with Crippen LogP contribution in [0.25, 0.3) is 10.9 Å². The minimum Gasteiger partial charge on any atom is -0.450 e. The number of aromatic amines is 1. The summed E-state index contributed by atoms with van der Waals surface area (Å²) < 4.78 is 5.07. The molecule has 1 N–H and O–H groups in total. The second-order valence-electron chi connectivity index (χ2n) is 7.79. The maximum atomic E-state index is 13.3. The zero-order valence-electron chi connectivity index (χ0n) is 17.8. The smallest absolute Gasteiger partial charge is 0.409 e. The Labute approximate surface area is 197 Å². The molecule has 0 saturated carbocycles. The minimum atomic E-state index is -0.327. The topological polar surface area (TPSA) is 65.6 Å². The number of hydrogen-bond donors (Lipinski definition) is 1. The Morgan fingerprint density at radius 2 is 1.75 bits per heavy atom. The van der Waals surface area contributed by atoms with E-state index in [9.17, 15) is 9.59 Å². The van der Waals surface area contributed by atoms with Crippen LogP contribution in [-0.2, 0) is 9.53 Å². The molecular weight excluding hydrogens is 449 g/mol. The number of para-hydroxylation sites is 1. The van der Waals surface area contributed by atoms with Gasteiger partial charge in [-0.25, -0.2) is 4.79 Å². The summed E-state index contributed by atoms with van der Waals surface area (Å²) in [5.74, 6) is -0.147. The number of aromatic nitrogens is 1. The van der Waals surface area contributed by atoms with Gasteiger partial charge in [0.25, 0.3) is 0 Å². The van der Waals surface area contributed by atoms with Crippen molar-refractivity contribution in [2.24, 2.45) is 0 Å². The van der Waals surface area contributed by atoms with Gasteiger partial charge in [-0.1, -0.05) is 47.5 Å². The van der Waals surface area contributed by atoms with Crippen LogP contribution in [-0.4, -0.2) is 59.6 Å². The number of halogens is 2. The normalized spacial score (nSPS) is 15.1. The van der Waals surface area contributed by atoms with Gasteiger partial charge >= 0.3 is 6.09 Å². The monoisotopic (exact) mass is 473 g/mol. The number of benzene rings is 2. The van der Waals surface area contributed by atoms with Gasteiger partial charge in [-0.05, 0) is 36.2 Å². The van der Waals surface area contributed by atoms with Crippen molar-refractivity contribution in [3.8, 4) is 0 Å². The second-order valence-corrected chi connectivity index (χ2v) is 8.60. The van der Waals surface area contributed by atoms with Crippen LogP contribution in [0, 0.1) is 0 Å². The van der Waals surface area contributed by atoms with Crippen molar-refractivity contribution in [3.05, 3.63) is 69.8 Å². The highest BCUT2D eigenvalue weighted by Gasteiger charge is 2.28. The lowest BCUT2D eigenvalue weighted by Crippen LogP contribution is -2.50. The van der Waals surface area contributed by atoms with Gasteiger partial charge in [0.05, 0.1) is 16.7 Å². The number of hydrogen-bond acceptors (Lipinski definition) is 3. The molecule has 2 aromatic carbocycles. The number of carbonyl (C=O) groups is 2. The van der Waals surface area contributed by atoms with Gasteiger partial charge in [0.15, 0.2) is 0 Å². The number of carbonyl (C=O) groups excluding carboxylic acids is 2. The quantitative estimate of drug-likeness (QED) is 0.546. The van der Waals surface area contributed by atoms with Crippen LogP contribution in [0.2, 0.25) is 10.0 Å². The Morgan fingerprint density at radius 3 is 2.47 bits per heavy atom. The molecule has 4 rings (SSSR count). The molecule has 1 saturated heterocycles. The summed E-state index contributed by atoms with van der Waals surface area (Å²) in [5.41, 5.74) is 2.99. The van der Waals surface area contributed by atoms with Gasteiger partial charge in [0.1, 0.15) is 0 Å². The number of rotatable bonds is 5. The molecule has 1 aromatic heterocycles. The highest BCUT2D eigenvalue weighted by molar-refractivity contribution is 6.42. The van der Waals surface area contributed by atoms with Crippen molar-refractivity contribution < 1.29 is 14.3 Å². The summed E-state index contributed by atoms with van der Waals surface area (Å²) in [6.07, 6.45) is 1.93. The molecule has 0 aliphatic carbocycles. The van der Waals surface area contributed by atoms with Crippen molar-refractivity contribution in [2.45, 2.75) is 19.3 Å². The predicted molar refractivity (Wildman–Crippen MR) is 126 cm³/mol. The largest absolute Gasteiger partial charge is 0.450 e. The molecule has 1 fully saturated rings. The first kappa shape index (κ1) is 22.5. The van der Waals surface area contributed by atoms with Gasteiger partial charge in [0, 0.05) is 55.6 Å². The molecule has 1 aliphatic heterocycles. The van der Waals surface area contributed by atoms with Crippen LogP contribution in [0.4, 0.5) is 4.79 Å². The van der Waals surface area contributed by atoms with E-state index in [0.717, 1.165) is 22.0 Å². The van der Waals surface area contributed by atoms with Crippen LogP contribution in [0.1, 0.15) is 30.4 Å². The molecule has 32 heavy (non-hydrogen) atoms. The van der Waals surface area contributed by atoms with Gasteiger partial charge in [-0.3, -0.25) is 4.79 Å². The van der Waals surface area contributed by atoms with Crippen LogP contribution in [0.15, 0.2) is 48.7 Å². The molecule has 2 amide bonds. The van der Waals surface area contributed by atoms with Crippen molar-refractivity contribution >= 4 is 46.1 Å². The van der Waals surface area contributed by atoms with Crippen molar-refractivity contribution in [1.82, 2.24) is 14.8 Å². The molecule has 0 radical (unpaired) electrons. The Balaban J connectivity index is 1.57. The fraction of sp³-hybridized carbons (Fsp3) is 0.333. The van der Waals surface area contributed by atoms with E-state index < -0.39 is 0 Å². The summed E-state index contributed by atoms with van der Waals surface area (Å²) in [4.78, 5) is 32.0. The van der Waals surface area contributed by atoms with E-state index in [0.29, 0.717) is 49.3 Å². The van der Waals surface area contributed by atoms with Gasteiger partial charge in [-0.2, -0.15) is 0 Å². The molecule has 1 aliphatic rings. The molecule has 1 unspecified atom stereocenters. The zero-order valence-corrected chi connectivity index (χ0v) is 19.3. The molecule has 3 aromatic rings. The predicted octanol–water partition coefficient (Wildman–Crippen LogP) is 5.30. The van der Waals surface area contributed by atoms with E-state index in [4.69, 9.17) is 27.9 Å². The lowest BCUT2D eigenvalue weighted by atomic mass is 9.87. The molecule has 6 nitrogen and oxygen atoms in total. The Morgan fingerprint density at radius 1 is 1.03 bits per heavy atom. The van der Waals surface area contributed by atoms with E-state index in [1.54, 1.807) is 17.9 Å². The lowest BCUT2D eigenvalue weighted by Gasteiger charge is -2.34. The third-order valence-electron chi connectivity index (χ3n) is 5.88. The standard InChI is InChI=1S/C24H25Cl2N3O3/c1-2-32-24(31)29-11-9-28(10-12-29)23(30)14-18(16-7-8-20(25)21(26)13-16)19-15-27-22-6-4-3-5-17(19)22/h3-8,13,15,18,27H,2,9-12,14H2,1H3. The summed E-state index contributed by atoms with van der Waals surface area (Å²) >= 11 is 12.4. The summed E-state index contributed by atoms with van der Waals surface area (Å²) in [6, 6.07) is 13.6. The van der Waals surface area contributed by atoms with Crippen LogP contribution < -0.4 is 0 Å². The van der Waals surface area contributed by atoms with E-state index in [2.05, 4.69) is 4.98 Å². The number of amides is 2. The zero-order chi connectivity index (χ0) is 22.7. The highest BCUT2D eigenvalue weighted by atomic mass is 35.5. The van der Waals surface area contributed by atoms with Crippen molar-refractivity contribution in [3.63, 3.8) is 0 Å². The SMILES string of the molecule is CCOC(=O)N1CCN(C(=O)CC(c2ccc(Cl)c(Cl)c2)c2c[nH]c3ccccc23)CC1. The van der Waals surface area contributed by atoms with E-state index >= 15 is 0 Å². The molecule has 0 spiro atoms. The fourth-order valence-corrected chi connectivity index (χ4v) is 4.48. The van der Waals surface area contributed by atoms with E-state index in [-0.39, 0.29) is 17.9 Å². The number of H-pyrrole nitrogens is 1. The van der Waals surface area contributed by atoms with E-state index in [1.807, 2.05) is 47.5 Å². The van der Waals surface area contributed by atoms with E-state index in [1.165, 1.54) is 0 Å². The Bertz CT molecular complexity index is 1120. The number of piperazine rings is 1. The number of ether oxygens (including phenoxy) is 1. The summed E-state index contributed by atoms with van der Waals surface area (Å²) in [6.45, 7) is 4.03. The van der Waals surface area contributed by atoms with Crippen LogP contribution in [0.5, 0.6) is 0 Å². The fourth-order valence-electron chi connectivity index (χ4n) is 4.18. The first-order valence-corrected chi connectivity index (χ1v) is 11.4. The molecule has 8 heteroatoms. The summed E-state index contributed by atoms with van der Waals surface area (Å²) in [5, 5.41) is 2.02. The van der Waals surface area contributed by atoms with Crippen molar-refractivity contribution in [2.75, 3.05) is 32.8 Å². The highest BCUT2D eigenvalue weighted by Crippen LogP contribution is 2.36. The van der Waals surface area contributed by atoms with Gasteiger partial charge in [-0.15, -0.1) is 0 Å². The Kier molecular flexibility index (Phi) is 6.92. The maximum Gasteiger partial charge on any atom is 0.409 e. The third-order valence-corrected chi connectivity index (χ3v) is 6.62. The second kappa shape index (κ2) is 9.84. The molecule has 2 heterocycles. The first-order chi connectivity index (χ1) is 15.5. The van der Waals surface area contributed by atoms with Crippen LogP contribution in [0.3, 0.4) is 0 Å². The number of nitrogens with zero attached hydrogens (tertiary/aromatic N) is 2. The van der Waals surface area contributed by atoms with Crippen LogP contribution >= 0.6 is 23.2 Å². The molecular formula is C24H25Cl2N3O3. The number of fused-ring (bicyclic) bond motifs is 1. The van der Waals surface area contributed by atoms with Gasteiger partial charge in [0.2, 0.25) is 5.91 Å². The average Bonchev–Trinajstić information content (AvgIpc) is 3.23. The average molecular weight is 474 g/mol. The van der Waals surface area contributed by atoms with Crippen molar-refractivity contribution in [1.29, 1.82) is 0 Å². The lowest BCUT2D eigenvalue weighted by molar-refractivity contribution is -0.133. The maximum absolute atomic E-state index is 13.3. The molecule has 1 atom stereocenters. The molecule has 0 bridgehead atoms. The first-order valence-electron chi connectivity index (χ1n) is 10.7. The number of nitrogens with one attached hydrogen (secondary N) is 1. The molecule has 168 valence electrons.